The van der Waals surface area contributed by atoms with Crippen molar-refractivity contribution in [2.45, 2.75) is 0 Å². The Kier molecular flexibility index (Phi) is 1.42. The van der Waals surface area contributed by atoms with Crippen molar-refractivity contribution in [3.05, 3.63) is 10.4 Å². The van der Waals surface area contributed by atoms with Crippen molar-refractivity contribution >= 4 is 28.2 Å². The summed E-state index contributed by atoms with van der Waals surface area (Å²) >= 11 is 7.65. The third kappa shape index (κ3) is 8.11. The second kappa shape index (κ2) is 1.40. The monoisotopic (exact) mass is 200 g/mol. The topological polar surface area (TPSA) is 48.8 Å². The molecule has 0 aliphatic carbocycles. The fraction of sp³-hybridized carbons (Fsp3) is 0. The normalized spacial score (nSPS) is 19.2. The first-order valence-corrected chi connectivity index (χ1v) is 5.56. The number of hydrogen-bond acceptors (Lipinski definition) is 1. The third-order valence-corrected chi connectivity index (χ3v) is 1.03. The molecular formula is Cl2F3N3P-. The average molecular weight is 201 g/mol. The Morgan fingerprint density at radius 1 is 1.33 bits per heavy atom. The molecule has 0 aliphatic heterocycles. The Hall–Kier alpha value is 0.110. The van der Waals surface area contributed by atoms with Gasteiger partial charge in [0, 0.05) is 0 Å². The van der Waals surface area contributed by atoms with Crippen molar-refractivity contribution in [2.24, 2.45) is 4.88 Å². The van der Waals surface area contributed by atoms with Gasteiger partial charge in [0.05, 0.1) is 0 Å². The van der Waals surface area contributed by atoms with E-state index >= 15 is 0 Å². The standard InChI is InChI=1S/Cl2F3N3P/c1-9(2,3,4,5)8-7-6/q-1. The summed E-state index contributed by atoms with van der Waals surface area (Å²) in [7, 11) is 0. The minimum atomic E-state index is -8.08. The molecule has 0 aromatic heterocycles. The second-order valence-electron chi connectivity index (χ2n) is 1.20. The van der Waals surface area contributed by atoms with Gasteiger partial charge in [-0.2, -0.15) is 0 Å². The number of rotatable bonds is 1. The van der Waals surface area contributed by atoms with Gasteiger partial charge in [0.1, 0.15) is 0 Å². The summed E-state index contributed by atoms with van der Waals surface area (Å²) in [6, 6.07) is 0. The summed E-state index contributed by atoms with van der Waals surface area (Å²) in [6.07, 6.45) is 0. The van der Waals surface area contributed by atoms with Gasteiger partial charge in [-0.25, -0.2) is 0 Å². The number of halogens is 5. The van der Waals surface area contributed by atoms with Crippen LogP contribution in [0.25, 0.3) is 10.4 Å². The van der Waals surface area contributed by atoms with Crippen molar-refractivity contribution < 1.29 is 12.6 Å². The predicted octanol–water partition coefficient (Wildman–Crippen LogP) is 4.26. The second-order valence-corrected chi connectivity index (χ2v) is 8.15. The fourth-order valence-corrected chi connectivity index (χ4v) is 0.408. The molecule has 0 saturated carbocycles. The van der Waals surface area contributed by atoms with E-state index in [1.807, 2.05) is 0 Å². The Labute approximate surface area is 56.9 Å². The van der Waals surface area contributed by atoms with Crippen LogP contribution in [0.1, 0.15) is 0 Å². The van der Waals surface area contributed by atoms with Crippen LogP contribution in [0.5, 0.6) is 0 Å². The molecule has 0 radical (unpaired) electrons. The summed E-state index contributed by atoms with van der Waals surface area (Å²) in [5, 5.41) is 0. The van der Waals surface area contributed by atoms with E-state index in [9.17, 15) is 12.6 Å². The molecule has 0 saturated heterocycles. The van der Waals surface area contributed by atoms with E-state index in [2.05, 4.69) is 22.5 Å². The number of nitrogens with zero attached hydrogens (tertiary/aromatic N) is 3. The quantitative estimate of drug-likeness (QED) is 0.263. The van der Waals surface area contributed by atoms with E-state index in [-0.39, 0.29) is 0 Å². The first-order valence-electron chi connectivity index (χ1n) is 1.45. The molecule has 9 heteroatoms. The van der Waals surface area contributed by atoms with Crippen LogP contribution in [-0.4, -0.2) is 0 Å². The minimum absolute atomic E-state index is 1.37. The molecule has 56 valence electrons. The molecule has 0 N–H and O–H groups in total. The van der Waals surface area contributed by atoms with Crippen LogP contribution in [0.2, 0.25) is 0 Å². The van der Waals surface area contributed by atoms with Crippen molar-refractivity contribution in [1.29, 1.82) is 0 Å². The Morgan fingerprint density at radius 3 is 1.67 bits per heavy atom. The Bertz CT molecular complexity index is 170. The Morgan fingerprint density at radius 2 is 1.67 bits per heavy atom. The first-order chi connectivity index (χ1) is 3.54. The van der Waals surface area contributed by atoms with E-state index < -0.39 is 5.73 Å². The van der Waals surface area contributed by atoms with E-state index in [1.165, 1.54) is 9.80 Å². The number of hydrogen-bond donors (Lipinski definition) is 0. The average Bonchev–Trinajstić information content (AvgIpc) is 1.22. The first kappa shape index (κ1) is 9.11. The molecule has 0 spiro atoms. The van der Waals surface area contributed by atoms with Crippen LogP contribution in [-0.2, 0) is 0 Å². The SMILES string of the molecule is [N-]=[N+]=N[P-](F)(F)(F)(Cl)Cl. The molecule has 0 unspecified atom stereocenters. The van der Waals surface area contributed by atoms with Gasteiger partial charge in [-0.3, -0.25) is 0 Å². The molecule has 0 aromatic carbocycles. The molecule has 0 rings (SSSR count). The van der Waals surface area contributed by atoms with Gasteiger partial charge in [0.25, 0.3) is 0 Å². The maximum atomic E-state index is 11.7. The van der Waals surface area contributed by atoms with Crippen molar-refractivity contribution in [3.63, 3.8) is 0 Å². The van der Waals surface area contributed by atoms with Gasteiger partial charge in [-0.1, -0.05) is 0 Å². The van der Waals surface area contributed by atoms with Gasteiger partial charge in [0.15, 0.2) is 0 Å². The van der Waals surface area contributed by atoms with Crippen LogP contribution >= 0.6 is 28.2 Å². The molecule has 0 atom stereocenters. The molecule has 0 aliphatic rings. The molecular weight excluding hydrogens is 201 g/mol. The molecule has 9 heavy (non-hydrogen) atoms. The summed E-state index contributed by atoms with van der Waals surface area (Å²) < 4.78 is 35.0. The van der Waals surface area contributed by atoms with Gasteiger partial charge >= 0.3 is 56.1 Å². The van der Waals surface area contributed by atoms with Gasteiger partial charge in [-0.05, 0) is 0 Å². The molecule has 0 fully saturated rings. The third-order valence-electron chi connectivity index (χ3n) is 0.209. The molecule has 0 bridgehead atoms. The summed E-state index contributed by atoms with van der Waals surface area (Å²) in [5.74, 6) is 0. The zero-order chi connectivity index (χ0) is 7.82. The van der Waals surface area contributed by atoms with Gasteiger partial charge in [-0.15, -0.1) is 0 Å². The van der Waals surface area contributed by atoms with Crippen LogP contribution < -0.4 is 0 Å². The van der Waals surface area contributed by atoms with E-state index in [1.54, 1.807) is 0 Å². The molecule has 0 heterocycles. The summed E-state index contributed by atoms with van der Waals surface area (Å²) in [5.41, 5.74) is -0.742. The molecule has 0 amide bonds. The van der Waals surface area contributed by atoms with E-state index in [0.717, 1.165) is 0 Å². The molecule has 3 nitrogen and oxygen atoms in total. The molecule has 0 aromatic rings. The Balaban J connectivity index is 4.99. The fourth-order valence-electron chi connectivity index (χ4n) is 0.0756. The summed E-state index contributed by atoms with van der Waals surface area (Å²) in [6.45, 7) is 0. The zero-order valence-electron chi connectivity index (χ0n) is 3.68. The van der Waals surface area contributed by atoms with Crippen molar-refractivity contribution in [3.8, 4) is 0 Å². The van der Waals surface area contributed by atoms with Crippen molar-refractivity contribution in [1.82, 2.24) is 0 Å². The van der Waals surface area contributed by atoms with E-state index in [0.29, 0.717) is 0 Å². The van der Waals surface area contributed by atoms with Crippen LogP contribution in [0.4, 0.5) is 12.6 Å². The van der Waals surface area contributed by atoms with Crippen LogP contribution in [0, 0.1) is 0 Å². The zero-order valence-corrected chi connectivity index (χ0v) is 6.08. The van der Waals surface area contributed by atoms with Gasteiger partial charge < -0.3 is 0 Å². The maximum absolute atomic E-state index is 11.7. The predicted molar refractivity (Wildman–Crippen MR) is 31.1 cm³/mol. The van der Waals surface area contributed by atoms with Crippen LogP contribution in [0.15, 0.2) is 4.88 Å². The van der Waals surface area contributed by atoms with E-state index in [4.69, 9.17) is 5.53 Å². The van der Waals surface area contributed by atoms with Crippen molar-refractivity contribution in [2.75, 3.05) is 0 Å². The van der Waals surface area contributed by atoms with Crippen LogP contribution in [0.3, 0.4) is 0 Å². The summed E-state index contributed by atoms with van der Waals surface area (Å²) in [4.78, 5) is 2.82. The van der Waals surface area contributed by atoms with Gasteiger partial charge in [0.2, 0.25) is 0 Å². The number of azide groups is 1.